The molecule has 1 N–H and O–H groups in total. The van der Waals surface area contributed by atoms with Crippen LogP contribution in [0.3, 0.4) is 0 Å². The lowest BCUT2D eigenvalue weighted by molar-refractivity contribution is 0.182. The standard InChI is InChI=1S/C25H29Cl2N9O/c1-3-33(4-2)20-14-35(15-20)25-31-22-21(23(32-25)34-8-7-29-18(13-34)5-6-28)12-30-36(24(22)37)19-10-16(26)9-17(27)11-19/h9-12,18,20,29H,3-5,7-8,13-15H2,1-2H3. The molecule has 12 heteroatoms. The number of nitrogens with zero attached hydrogens (tertiary/aromatic N) is 8. The molecule has 10 nitrogen and oxygen atoms in total. The fourth-order valence-corrected chi connectivity index (χ4v) is 5.59. The minimum Gasteiger partial charge on any atom is -0.353 e. The number of rotatable bonds is 7. The van der Waals surface area contributed by atoms with Crippen molar-refractivity contribution < 1.29 is 0 Å². The van der Waals surface area contributed by atoms with Gasteiger partial charge in [0, 0.05) is 54.9 Å². The fraction of sp³-hybridized carbons (Fsp3) is 0.480. The van der Waals surface area contributed by atoms with E-state index in [0.29, 0.717) is 65.0 Å². The average Bonchev–Trinajstić information content (AvgIpc) is 2.85. The van der Waals surface area contributed by atoms with Crippen LogP contribution in [0, 0.1) is 11.3 Å². The van der Waals surface area contributed by atoms with Crippen molar-refractivity contribution >= 4 is 45.9 Å². The maximum Gasteiger partial charge on any atom is 0.298 e. The van der Waals surface area contributed by atoms with Crippen LogP contribution in [0.5, 0.6) is 0 Å². The number of halogens is 2. The van der Waals surface area contributed by atoms with Gasteiger partial charge in [0.15, 0.2) is 0 Å². The molecule has 1 atom stereocenters. The molecule has 0 aliphatic carbocycles. The minimum atomic E-state index is -0.370. The van der Waals surface area contributed by atoms with Crippen molar-refractivity contribution in [3.05, 3.63) is 44.8 Å². The normalized spacial score (nSPS) is 18.3. The molecule has 37 heavy (non-hydrogen) atoms. The molecule has 2 fully saturated rings. The molecule has 1 unspecified atom stereocenters. The lowest BCUT2D eigenvalue weighted by atomic mass is 10.1. The van der Waals surface area contributed by atoms with Crippen molar-refractivity contribution in [1.29, 1.82) is 5.26 Å². The summed E-state index contributed by atoms with van der Waals surface area (Å²) in [5, 5.41) is 18.4. The highest BCUT2D eigenvalue weighted by molar-refractivity contribution is 6.34. The second kappa shape index (κ2) is 10.8. The summed E-state index contributed by atoms with van der Waals surface area (Å²) in [5.41, 5.74) is 0.380. The summed E-state index contributed by atoms with van der Waals surface area (Å²) in [6, 6.07) is 7.58. The summed E-state index contributed by atoms with van der Waals surface area (Å²) in [5.74, 6) is 1.19. The van der Waals surface area contributed by atoms with Gasteiger partial charge in [0.05, 0.1) is 29.8 Å². The number of piperazine rings is 1. The van der Waals surface area contributed by atoms with Crippen molar-refractivity contribution in [2.75, 3.05) is 55.6 Å². The Bertz CT molecular complexity index is 1380. The number of hydrogen-bond acceptors (Lipinski definition) is 9. The van der Waals surface area contributed by atoms with Gasteiger partial charge in [0.1, 0.15) is 11.3 Å². The number of likely N-dealkylation sites (N-methyl/N-ethyl adjacent to an activating group) is 1. The second-order valence-electron chi connectivity index (χ2n) is 9.34. The highest BCUT2D eigenvalue weighted by Gasteiger charge is 2.33. The fourth-order valence-electron chi connectivity index (χ4n) is 5.08. The lowest BCUT2D eigenvalue weighted by Crippen LogP contribution is -2.60. The zero-order chi connectivity index (χ0) is 26.1. The maximum atomic E-state index is 13.7. The molecule has 3 aromatic rings. The predicted octanol–water partition coefficient (Wildman–Crippen LogP) is 2.70. The highest BCUT2D eigenvalue weighted by atomic mass is 35.5. The van der Waals surface area contributed by atoms with E-state index in [4.69, 9.17) is 33.2 Å². The van der Waals surface area contributed by atoms with E-state index in [1.54, 1.807) is 24.4 Å². The third-order valence-corrected chi connectivity index (χ3v) is 7.51. The average molecular weight is 542 g/mol. The first kappa shape index (κ1) is 25.7. The first-order valence-electron chi connectivity index (χ1n) is 12.5. The summed E-state index contributed by atoms with van der Waals surface area (Å²) >= 11 is 12.4. The van der Waals surface area contributed by atoms with E-state index in [1.165, 1.54) is 4.68 Å². The number of aromatic nitrogens is 4. The van der Waals surface area contributed by atoms with E-state index in [-0.39, 0.29) is 17.1 Å². The molecule has 194 valence electrons. The molecule has 0 bridgehead atoms. The van der Waals surface area contributed by atoms with Crippen molar-refractivity contribution in [2.45, 2.75) is 32.4 Å². The van der Waals surface area contributed by atoms with Gasteiger partial charge in [-0.2, -0.15) is 20.0 Å². The third kappa shape index (κ3) is 5.09. The lowest BCUT2D eigenvalue weighted by Gasteiger charge is -2.45. The van der Waals surface area contributed by atoms with Crippen molar-refractivity contribution in [1.82, 2.24) is 30.0 Å². The van der Waals surface area contributed by atoms with E-state index in [0.717, 1.165) is 26.2 Å². The van der Waals surface area contributed by atoms with Crippen LogP contribution in [0.2, 0.25) is 10.0 Å². The SMILES string of the molecule is CCN(CC)C1CN(c2nc(N3CCNC(CC#N)C3)c3cnn(-c4cc(Cl)cc(Cl)c4)c(=O)c3n2)C1. The number of fused-ring (bicyclic) bond motifs is 1. The molecule has 4 heterocycles. The molecule has 2 aliphatic rings. The number of hydrogen-bond donors (Lipinski definition) is 1. The molecule has 2 saturated heterocycles. The molecule has 2 aromatic heterocycles. The molecule has 0 spiro atoms. The van der Waals surface area contributed by atoms with E-state index in [2.05, 4.69) is 45.0 Å². The molecule has 5 rings (SSSR count). The van der Waals surface area contributed by atoms with Crippen molar-refractivity contribution in [2.24, 2.45) is 0 Å². The van der Waals surface area contributed by atoms with Gasteiger partial charge in [0.2, 0.25) is 5.95 Å². The second-order valence-corrected chi connectivity index (χ2v) is 10.2. The van der Waals surface area contributed by atoms with Gasteiger partial charge in [0.25, 0.3) is 5.56 Å². The predicted molar refractivity (Wildman–Crippen MR) is 146 cm³/mol. The number of anilines is 2. The van der Waals surface area contributed by atoms with Crippen LogP contribution < -0.4 is 20.7 Å². The van der Waals surface area contributed by atoms with Gasteiger partial charge in [-0.25, -0.2) is 4.98 Å². The summed E-state index contributed by atoms with van der Waals surface area (Å²) in [7, 11) is 0. The Labute approximate surface area is 225 Å². The van der Waals surface area contributed by atoms with Gasteiger partial charge < -0.3 is 15.1 Å². The van der Waals surface area contributed by atoms with E-state index < -0.39 is 0 Å². The van der Waals surface area contributed by atoms with Crippen molar-refractivity contribution in [3.8, 4) is 11.8 Å². The van der Waals surface area contributed by atoms with E-state index in [1.807, 2.05) is 0 Å². The van der Waals surface area contributed by atoms with Gasteiger partial charge in [-0.1, -0.05) is 37.0 Å². The quantitative estimate of drug-likeness (QED) is 0.483. The molecular weight excluding hydrogens is 513 g/mol. The van der Waals surface area contributed by atoms with Gasteiger partial charge in [-0.15, -0.1) is 0 Å². The third-order valence-electron chi connectivity index (χ3n) is 7.07. The number of nitriles is 1. The Morgan fingerprint density at radius 2 is 1.84 bits per heavy atom. The Morgan fingerprint density at radius 3 is 2.51 bits per heavy atom. The molecule has 0 radical (unpaired) electrons. The Kier molecular flexibility index (Phi) is 7.49. The topological polar surface area (TPSA) is 106 Å². The zero-order valence-electron chi connectivity index (χ0n) is 20.9. The maximum absolute atomic E-state index is 13.7. The van der Waals surface area contributed by atoms with Crippen LogP contribution in [0.25, 0.3) is 16.6 Å². The van der Waals surface area contributed by atoms with E-state index >= 15 is 0 Å². The monoisotopic (exact) mass is 541 g/mol. The molecule has 0 saturated carbocycles. The van der Waals surface area contributed by atoms with Crippen LogP contribution in [-0.2, 0) is 0 Å². The van der Waals surface area contributed by atoms with Crippen molar-refractivity contribution in [3.63, 3.8) is 0 Å². The van der Waals surface area contributed by atoms with Gasteiger partial charge >= 0.3 is 0 Å². The van der Waals surface area contributed by atoms with Crippen LogP contribution in [-0.4, -0.2) is 82.5 Å². The summed E-state index contributed by atoms with van der Waals surface area (Å²) in [6.45, 7) is 9.91. The first-order chi connectivity index (χ1) is 17.9. The van der Waals surface area contributed by atoms with Crippen LogP contribution in [0.4, 0.5) is 11.8 Å². The van der Waals surface area contributed by atoms with Gasteiger partial charge in [-0.3, -0.25) is 9.69 Å². The van der Waals surface area contributed by atoms with Crippen LogP contribution in [0.15, 0.2) is 29.2 Å². The number of nitrogens with one attached hydrogen (secondary N) is 1. The first-order valence-corrected chi connectivity index (χ1v) is 13.3. The van der Waals surface area contributed by atoms with E-state index in [9.17, 15) is 10.1 Å². The highest BCUT2D eigenvalue weighted by Crippen LogP contribution is 2.29. The number of benzene rings is 1. The zero-order valence-corrected chi connectivity index (χ0v) is 22.4. The molecule has 2 aliphatic heterocycles. The molecule has 1 aromatic carbocycles. The van der Waals surface area contributed by atoms with Crippen LogP contribution in [0.1, 0.15) is 20.3 Å². The summed E-state index contributed by atoms with van der Waals surface area (Å²) < 4.78 is 1.27. The largest absolute Gasteiger partial charge is 0.353 e. The smallest absolute Gasteiger partial charge is 0.298 e. The van der Waals surface area contributed by atoms with Gasteiger partial charge in [-0.05, 0) is 31.3 Å². The Balaban J connectivity index is 1.60. The molecule has 0 amide bonds. The Hall–Kier alpha value is -2.97. The molecular formula is C25H29Cl2N9O. The summed E-state index contributed by atoms with van der Waals surface area (Å²) in [4.78, 5) is 30.1. The summed E-state index contributed by atoms with van der Waals surface area (Å²) in [6.07, 6.45) is 2.02. The Morgan fingerprint density at radius 1 is 1.11 bits per heavy atom. The van der Waals surface area contributed by atoms with Crippen LogP contribution >= 0.6 is 23.2 Å². The minimum absolute atomic E-state index is 0.0187.